The van der Waals surface area contributed by atoms with Crippen molar-refractivity contribution >= 4 is 17.5 Å². The summed E-state index contributed by atoms with van der Waals surface area (Å²) in [6, 6.07) is 11.0. The van der Waals surface area contributed by atoms with Crippen molar-refractivity contribution in [3.8, 4) is 11.5 Å². The third-order valence-corrected chi connectivity index (χ3v) is 6.08. The number of halogens is 1. The van der Waals surface area contributed by atoms with Crippen molar-refractivity contribution in [1.82, 2.24) is 9.80 Å². The van der Waals surface area contributed by atoms with Gasteiger partial charge in [-0.15, -0.1) is 0 Å². The number of amides is 1. The minimum atomic E-state index is -0.261. The molecule has 2 fully saturated rings. The van der Waals surface area contributed by atoms with Crippen LogP contribution >= 0.6 is 11.6 Å². The van der Waals surface area contributed by atoms with Gasteiger partial charge in [0.25, 0.3) is 5.91 Å². The second-order valence-corrected chi connectivity index (χ2v) is 8.11. The number of nitrogens with zero attached hydrogens (tertiary/aromatic N) is 2. The maximum Gasteiger partial charge on any atom is 0.258 e. The zero-order valence-corrected chi connectivity index (χ0v) is 16.5. The lowest BCUT2D eigenvalue weighted by Gasteiger charge is -2.26. The summed E-state index contributed by atoms with van der Waals surface area (Å²) in [6.07, 6.45) is 4.37. The van der Waals surface area contributed by atoms with Gasteiger partial charge >= 0.3 is 0 Å². The Labute approximate surface area is 170 Å². The Morgan fingerprint density at radius 2 is 1.71 bits per heavy atom. The first kappa shape index (κ1) is 19.1. The van der Waals surface area contributed by atoms with Crippen molar-refractivity contribution in [2.75, 3.05) is 19.6 Å². The van der Waals surface area contributed by atoms with Gasteiger partial charge in [0, 0.05) is 19.2 Å². The summed E-state index contributed by atoms with van der Waals surface area (Å²) in [5, 5.41) is 19.8. The molecule has 2 aromatic carbocycles. The lowest BCUT2D eigenvalue weighted by molar-refractivity contribution is 0.0732. The van der Waals surface area contributed by atoms with Gasteiger partial charge in [-0.25, -0.2) is 0 Å². The van der Waals surface area contributed by atoms with Crippen LogP contribution < -0.4 is 0 Å². The van der Waals surface area contributed by atoms with Crippen molar-refractivity contribution in [2.24, 2.45) is 0 Å². The molecule has 148 valence electrons. The lowest BCUT2D eigenvalue weighted by atomic mass is 10.0. The summed E-state index contributed by atoms with van der Waals surface area (Å²) < 4.78 is 0. The van der Waals surface area contributed by atoms with Crippen LogP contribution in [-0.2, 0) is 6.54 Å². The smallest absolute Gasteiger partial charge is 0.258 e. The third kappa shape index (κ3) is 3.82. The molecule has 6 heteroatoms. The van der Waals surface area contributed by atoms with Gasteiger partial charge in [-0.3, -0.25) is 9.69 Å². The van der Waals surface area contributed by atoms with Gasteiger partial charge in [0.05, 0.1) is 16.6 Å². The molecule has 2 aliphatic heterocycles. The van der Waals surface area contributed by atoms with Gasteiger partial charge in [0.2, 0.25) is 0 Å². The summed E-state index contributed by atoms with van der Waals surface area (Å²) >= 11 is 5.94. The molecule has 2 aliphatic rings. The predicted molar refractivity (Wildman–Crippen MR) is 109 cm³/mol. The topological polar surface area (TPSA) is 64.0 Å². The highest BCUT2D eigenvalue weighted by molar-refractivity contribution is 6.32. The molecule has 2 N–H and O–H groups in total. The Hall–Kier alpha value is -2.24. The van der Waals surface area contributed by atoms with Crippen molar-refractivity contribution in [2.45, 2.75) is 38.3 Å². The van der Waals surface area contributed by atoms with Crippen LogP contribution in [0.25, 0.3) is 0 Å². The lowest BCUT2D eigenvalue weighted by Crippen LogP contribution is -2.30. The van der Waals surface area contributed by atoms with Crippen LogP contribution in [0.2, 0.25) is 5.02 Å². The fourth-order valence-electron chi connectivity index (χ4n) is 4.28. The first-order valence-electron chi connectivity index (χ1n) is 9.86. The SMILES string of the molecule is O=C(c1cc(Cl)c(O)cc1O)N1CCCC1c1ccc(CN2CCCC2)cc1. The molecule has 5 nitrogen and oxygen atoms in total. The van der Waals surface area contributed by atoms with Crippen LogP contribution in [0, 0.1) is 0 Å². The predicted octanol–water partition coefficient (Wildman–Crippen LogP) is 4.32. The van der Waals surface area contributed by atoms with Crippen LogP contribution in [0.3, 0.4) is 0 Å². The molecule has 4 rings (SSSR count). The number of likely N-dealkylation sites (tertiary alicyclic amines) is 2. The van der Waals surface area contributed by atoms with E-state index >= 15 is 0 Å². The van der Waals surface area contributed by atoms with Gasteiger partial charge in [0.15, 0.2) is 0 Å². The molecular formula is C22H25ClN2O3. The third-order valence-electron chi connectivity index (χ3n) is 5.78. The Bertz CT molecular complexity index is 863. The summed E-state index contributed by atoms with van der Waals surface area (Å²) in [4.78, 5) is 17.3. The molecular weight excluding hydrogens is 376 g/mol. The minimum Gasteiger partial charge on any atom is -0.507 e. The molecule has 1 atom stereocenters. The standard InChI is InChI=1S/C22H25ClN2O3/c23-18-12-17(20(26)13-21(18)27)22(28)25-11-3-4-19(25)16-7-5-15(6-8-16)14-24-9-1-2-10-24/h5-8,12-13,19,26-27H,1-4,9-11,14H2. The summed E-state index contributed by atoms with van der Waals surface area (Å²) in [5.41, 5.74) is 2.53. The zero-order valence-electron chi connectivity index (χ0n) is 15.8. The molecule has 0 spiro atoms. The monoisotopic (exact) mass is 400 g/mol. The summed E-state index contributed by atoms with van der Waals surface area (Å²) in [5.74, 6) is -0.746. The van der Waals surface area contributed by atoms with E-state index in [-0.39, 0.29) is 34.0 Å². The Morgan fingerprint density at radius 1 is 1.00 bits per heavy atom. The maximum atomic E-state index is 13.0. The Kier molecular flexibility index (Phi) is 5.47. The number of hydrogen-bond acceptors (Lipinski definition) is 4. The summed E-state index contributed by atoms with van der Waals surface area (Å²) in [7, 11) is 0. The van der Waals surface area contributed by atoms with Gasteiger partial charge in [-0.1, -0.05) is 35.9 Å². The zero-order chi connectivity index (χ0) is 19.7. The quantitative estimate of drug-likeness (QED) is 0.802. The molecule has 1 amide bonds. The van der Waals surface area contributed by atoms with Gasteiger partial charge in [-0.05, 0) is 56.0 Å². The molecule has 0 bridgehead atoms. The molecule has 0 saturated carbocycles. The largest absolute Gasteiger partial charge is 0.507 e. The van der Waals surface area contributed by atoms with E-state index in [9.17, 15) is 15.0 Å². The molecule has 2 aromatic rings. The molecule has 28 heavy (non-hydrogen) atoms. The highest BCUT2D eigenvalue weighted by Crippen LogP contribution is 2.37. The van der Waals surface area contributed by atoms with E-state index in [0.717, 1.165) is 31.0 Å². The van der Waals surface area contributed by atoms with Crippen LogP contribution in [0.5, 0.6) is 11.5 Å². The normalized spacial score (nSPS) is 20.0. The molecule has 0 aliphatic carbocycles. The fourth-order valence-corrected chi connectivity index (χ4v) is 4.44. The van der Waals surface area contributed by atoms with Crippen LogP contribution in [0.4, 0.5) is 0 Å². The fraction of sp³-hybridized carbons (Fsp3) is 0.409. The molecule has 0 aromatic heterocycles. The van der Waals surface area contributed by atoms with Gasteiger partial charge in [0.1, 0.15) is 11.5 Å². The number of carbonyl (C=O) groups is 1. The van der Waals surface area contributed by atoms with E-state index in [4.69, 9.17) is 11.6 Å². The Balaban J connectivity index is 1.51. The second kappa shape index (κ2) is 8.02. The molecule has 2 heterocycles. The number of carbonyl (C=O) groups excluding carboxylic acids is 1. The summed E-state index contributed by atoms with van der Waals surface area (Å²) in [6.45, 7) is 3.96. The maximum absolute atomic E-state index is 13.0. The molecule has 0 radical (unpaired) electrons. The first-order valence-corrected chi connectivity index (χ1v) is 10.2. The van der Waals surface area contributed by atoms with E-state index in [0.29, 0.717) is 6.54 Å². The van der Waals surface area contributed by atoms with Crippen molar-refractivity contribution < 1.29 is 15.0 Å². The van der Waals surface area contributed by atoms with E-state index in [1.807, 2.05) is 0 Å². The van der Waals surface area contributed by atoms with Crippen LogP contribution in [0.1, 0.15) is 53.2 Å². The van der Waals surface area contributed by atoms with E-state index in [1.54, 1.807) is 4.90 Å². The molecule has 1 unspecified atom stereocenters. The van der Waals surface area contributed by atoms with Crippen LogP contribution in [0.15, 0.2) is 36.4 Å². The van der Waals surface area contributed by atoms with E-state index < -0.39 is 0 Å². The number of aromatic hydroxyl groups is 2. The van der Waals surface area contributed by atoms with E-state index in [1.165, 1.54) is 37.6 Å². The molecule has 2 saturated heterocycles. The van der Waals surface area contributed by atoms with Gasteiger partial charge < -0.3 is 15.1 Å². The number of phenolic OH excluding ortho intramolecular Hbond substituents is 2. The number of phenols is 2. The number of rotatable bonds is 4. The second-order valence-electron chi connectivity index (χ2n) is 7.70. The first-order chi connectivity index (χ1) is 13.5. The average Bonchev–Trinajstić information content (AvgIpc) is 3.37. The number of hydrogen-bond donors (Lipinski definition) is 2. The van der Waals surface area contributed by atoms with Crippen molar-refractivity contribution in [3.63, 3.8) is 0 Å². The highest BCUT2D eigenvalue weighted by atomic mass is 35.5. The van der Waals surface area contributed by atoms with Gasteiger partial charge in [-0.2, -0.15) is 0 Å². The highest BCUT2D eigenvalue weighted by Gasteiger charge is 2.32. The van der Waals surface area contributed by atoms with E-state index in [2.05, 4.69) is 29.2 Å². The minimum absolute atomic E-state index is 0.0136. The van der Waals surface area contributed by atoms with Crippen molar-refractivity contribution in [1.29, 1.82) is 0 Å². The number of benzene rings is 2. The van der Waals surface area contributed by atoms with Crippen LogP contribution in [-0.4, -0.2) is 45.6 Å². The average molecular weight is 401 g/mol. The van der Waals surface area contributed by atoms with Crippen molar-refractivity contribution in [3.05, 3.63) is 58.1 Å². The Morgan fingerprint density at radius 3 is 2.43 bits per heavy atom.